The average Bonchev–Trinajstić information content (AvgIpc) is 2.73. The van der Waals surface area contributed by atoms with E-state index in [0.717, 1.165) is 5.57 Å². The van der Waals surface area contributed by atoms with Crippen molar-refractivity contribution in [1.82, 2.24) is 4.90 Å². The Hall–Kier alpha value is -3.15. The van der Waals surface area contributed by atoms with Crippen LogP contribution < -0.4 is 0 Å². The molecule has 0 N–H and O–H groups in total. The first-order valence-corrected chi connectivity index (χ1v) is 9.39. The molecule has 0 atom stereocenters. The van der Waals surface area contributed by atoms with E-state index in [1.165, 1.54) is 0 Å². The van der Waals surface area contributed by atoms with Crippen LogP contribution in [0.25, 0.3) is 0 Å². The monoisotopic (exact) mass is 398 g/mol. The van der Waals surface area contributed by atoms with Crippen molar-refractivity contribution in [2.45, 2.75) is 27.2 Å². The molecule has 0 aromatic heterocycles. The van der Waals surface area contributed by atoms with E-state index in [4.69, 9.17) is 9.47 Å². The van der Waals surface area contributed by atoms with E-state index in [9.17, 15) is 0 Å². The van der Waals surface area contributed by atoms with Crippen LogP contribution in [0, 0.1) is 0 Å². The van der Waals surface area contributed by atoms with Gasteiger partial charge in [-0.05, 0) is 37.6 Å². The highest BCUT2D eigenvalue weighted by molar-refractivity contribution is 5.88. The number of guanidine groups is 1. The standard InChI is InChI=1S/C23H34N4O2/c1-8-11-14-22(10-3)29-18-12-17-27(6)23(24-5)25-16-15-21(13-9-2)19-26-20(4)28-7/h8-14,16-17,19H,3,15,18H2,1-2,4-7H3/b11-8-,13-9?,17-12+,21-19+,22-14+,24-23?,25-16?,26-20?. The van der Waals surface area contributed by atoms with E-state index in [0.29, 0.717) is 30.6 Å². The lowest BCUT2D eigenvalue weighted by atomic mass is 10.2. The van der Waals surface area contributed by atoms with Crippen molar-refractivity contribution in [2.24, 2.45) is 15.0 Å². The smallest absolute Gasteiger partial charge is 0.223 e. The fourth-order valence-corrected chi connectivity index (χ4v) is 1.92. The molecule has 0 unspecified atom stereocenters. The van der Waals surface area contributed by atoms with Crippen molar-refractivity contribution in [3.63, 3.8) is 0 Å². The molecular weight excluding hydrogens is 364 g/mol. The van der Waals surface area contributed by atoms with Crippen molar-refractivity contribution in [3.8, 4) is 0 Å². The fourth-order valence-electron chi connectivity index (χ4n) is 1.92. The van der Waals surface area contributed by atoms with Gasteiger partial charge in [-0.2, -0.15) is 0 Å². The van der Waals surface area contributed by atoms with E-state index >= 15 is 0 Å². The van der Waals surface area contributed by atoms with Crippen LogP contribution in [-0.2, 0) is 9.47 Å². The molecule has 0 heterocycles. The first kappa shape index (κ1) is 25.9. The van der Waals surface area contributed by atoms with Gasteiger partial charge in [0.15, 0.2) is 5.90 Å². The molecule has 0 aliphatic rings. The number of ether oxygens (including phenoxy) is 2. The number of allylic oxidation sites excluding steroid dienone is 7. The lowest BCUT2D eigenvalue weighted by Crippen LogP contribution is -2.19. The van der Waals surface area contributed by atoms with Crippen molar-refractivity contribution < 1.29 is 9.47 Å². The molecule has 0 bridgehead atoms. The van der Waals surface area contributed by atoms with Gasteiger partial charge >= 0.3 is 0 Å². The maximum absolute atomic E-state index is 5.61. The van der Waals surface area contributed by atoms with E-state index in [-0.39, 0.29) is 0 Å². The maximum Gasteiger partial charge on any atom is 0.223 e. The van der Waals surface area contributed by atoms with Crippen molar-refractivity contribution >= 4 is 18.1 Å². The van der Waals surface area contributed by atoms with Gasteiger partial charge in [0, 0.05) is 46.1 Å². The third-order valence-electron chi connectivity index (χ3n) is 3.47. The summed E-state index contributed by atoms with van der Waals surface area (Å²) >= 11 is 0. The van der Waals surface area contributed by atoms with Crippen LogP contribution in [-0.4, -0.2) is 50.8 Å². The third-order valence-corrected chi connectivity index (χ3v) is 3.47. The summed E-state index contributed by atoms with van der Waals surface area (Å²) in [5.41, 5.74) is 1.01. The fraction of sp³-hybridized carbons (Fsp3) is 0.348. The van der Waals surface area contributed by atoms with Crippen LogP contribution in [0.4, 0.5) is 0 Å². The molecule has 0 aromatic rings. The predicted octanol–water partition coefficient (Wildman–Crippen LogP) is 5.07. The Morgan fingerprint density at radius 2 is 1.97 bits per heavy atom. The van der Waals surface area contributed by atoms with Gasteiger partial charge in [0.1, 0.15) is 12.4 Å². The van der Waals surface area contributed by atoms with Gasteiger partial charge in [-0.1, -0.05) is 30.9 Å². The summed E-state index contributed by atoms with van der Waals surface area (Å²) in [7, 11) is 5.19. The molecule has 0 spiro atoms. The molecule has 0 amide bonds. The summed E-state index contributed by atoms with van der Waals surface area (Å²) in [6, 6.07) is 0. The minimum atomic E-state index is 0.422. The Labute approximate surface area is 175 Å². The zero-order valence-corrected chi connectivity index (χ0v) is 18.5. The number of hydrogen-bond acceptors (Lipinski definition) is 4. The molecule has 0 aliphatic heterocycles. The summed E-state index contributed by atoms with van der Waals surface area (Å²) in [6.07, 6.45) is 19.3. The van der Waals surface area contributed by atoms with Crippen molar-refractivity contribution in [2.75, 3.05) is 27.8 Å². The second-order valence-corrected chi connectivity index (χ2v) is 5.70. The van der Waals surface area contributed by atoms with Crippen LogP contribution in [0.3, 0.4) is 0 Å². The van der Waals surface area contributed by atoms with E-state index in [2.05, 4.69) is 21.6 Å². The van der Waals surface area contributed by atoms with Crippen LogP contribution in [0.5, 0.6) is 0 Å². The van der Waals surface area contributed by atoms with E-state index in [1.807, 2.05) is 74.7 Å². The van der Waals surface area contributed by atoms with Crippen molar-refractivity contribution in [1.29, 1.82) is 0 Å². The maximum atomic E-state index is 5.61. The van der Waals surface area contributed by atoms with Crippen LogP contribution >= 0.6 is 0 Å². The number of hydrogen-bond donors (Lipinski definition) is 0. The quantitative estimate of drug-likeness (QED) is 0.223. The second-order valence-electron chi connectivity index (χ2n) is 5.70. The van der Waals surface area contributed by atoms with Gasteiger partial charge in [-0.25, -0.2) is 9.98 Å². The first-order valence-electron chi connectivity index (χ1n) is 9.39. The first-order chi connectivity index (χ1) is 14.0. The Bertz CT molecular complexity index is 723. The molecule has 0 fully saturated rings. The van der Waals surface area contributed by atoms with Gasteiger partial charge in [0.2, 0.25) is 5.96 Å². The van der Waals surface area contributed by atoms with Crippen LogP contribution in [0.2, 0.25) is 0 Å². The summed E-state index contributed by atoms with van der Waals surface area (Å²) < 4.78 is 10.7. The molecule has 0 aliphatic carbocycles. The topological polar surface area (TPSA) is 58.8 Å². The number of nitrogens with zero attached hydrogens (tertiary/aromatic N) is 4. The third kappa shape index (κ3) is 12.8. The molecule has 0 saturated heterocycles. The molecule has 0 rings (SSSR count). The highest BCUT2D eigenvalue weighted by atomic mass is 16.5. The number of methoxy groups -OCH3 is 1. The SMILES string of the molecule is C=C/C(=C\C=C/C)OC/C=C/N(C)C(N=CC/C(C=CC)=C/N=C(C)OC)=NC. The molecule has 0 radical (unpaired) electrons. The summed E-state index contributed by atoms with van der Waals surface area (Å²) in [5, 5.41) is 0. The highest BCUT2D eigenvalue weighted by Gasteiger charge is 1.99. The average molecular weight is 399 g/mol. The Morgan fingerprint density at radius 3 is 2.55 bits per heavy atom. The van der Waals surface area contributed by atoms with Crippen LogP contribution in [0.1, 0.15) is 27.2 Å². The van der Waals surface area contributed by atoms with Gasteiger partial charge in [-0.15, -0.1) is 0 Å². The lowest BCUT2D eigenvalue weighted by molar-refractivity contribution is 0.261. The zero-order chi connectivity index (χ0) is 21.9. The van der Waals surface area contributed by atoms with Crippen molar-refractivity contribution in [3.05, 3.63) is 72.8 Å². The molecule has 0 saturated carbocycles. The highest BCUT2D eigenvalue weighted by Crippen LogP contribution is 2.04. The Morgan fingerprint density at radius 1 is 1.21 bits per heavy atom. The summed E-state index contributed by atoms with van der Waals surface area (Å²) in [5.74, 6) is 1.91. The van der Waals surface area contributed by atoms with Gasteiger partial charge in [-0.3, -0.25) is 4.99 Å². The lowest BCUT2D eigenvalue weighted by Gasteiger charge is -2.12. The second kappa shape index (κ2) is 17.0. The normalized spacial score (nSPS) is 14.6. The molecule has 6 heteroatoms. The van der Waals surface area contributed by atoms with E-state index in [1.54, 1.807) is 33.4 Å². The van der Waals surface area contributed by atoms with Gasteiger partial charge < -0.3 is 14.4 Å². The summed E-state index contributed by atoms with van der Waals surface area (Å²) in [6.45, 7) is 9.87. The Balaban J connectivity index is 4.85. The molecule has 158 valence electrons. The van der Waals surface area contributed by atoms with Gasteiger partial charge in [0.05, 0.1) is 7.11 Å². The number of aliphatic imine (C=N–C) groups is 3. The molecular formula is C23H34N4O2. The summed E-state index contributed by atoms with van der Waals surface area (Å²) in [4.78, 5) is 14.7. The minimum Gasteiger partial charge on any atom is -0.490 e. The zero-order valence-electron chi connectivity index (χ0n) is 18.5. The predicted molar refractivity (Wildman–Crippen MR) is 125 cm³/mol. The number of rotatable bonds is 10. The Kier molecular flexibility index (Phi) is 15.1. The van der Waals surface area contributed by atoms with E-state index < -0.39 is 0 Å². The molecule has 29 heavy (non-hydrogen) atoms. The largest absolute Gasteiger partial charge is 0.490 e. The molecule has 0 aromatic carbocycles. The van der Waals surface area contributed by atoms with Crippen LogP contribution in [0.15, 0.2) is 87.8 Å². The minimum absolute atomic E-state index is 0.422. The van der Waals surface area contributed by atoms with Gasteiger partial charge in [0.25, 0.3) is 0 Å². The molecule has 6 nitrogen and oxygen atoms in total.